The molecule has 0 bridgehead atoms. The molecule has 0 saturated carbocycles. The number of hydrogen-bond acceptors (Lipinski definition) is 4. The summed E-state index contributed by atoms with van der Waals surface area (Å²) in [4.78, 5) is 28.3. The van der Waals surface area contributed by atoms with Crippen LogP contribution in [0.5, 0.6) is 0 Å². The number of piperidine rings is 1. The molecule has 0 spiro atoms. The molecule has 6 heteroatoms. The zero-order valence-electron chi connectivity index (χ0n) is 16.6. The Bertz CT molecular complexity index is 585. The summed E-state index contributed by atoms with van der Waals surface area (Å²) in [6.45, 7) is 10.9. The fourth-order valence-electron chi connectivity index (χ4n) is 3.22. The monoisotopic (exact) mass is 380 g/mol. The lowest BCUT2D eigenvalue weighted by Crippen LogP contribution is -2.53. The van der Waals surface area contributed by atoms with E-state index in [0.717, 1.165) is 32.4 Å². The number of alkyl carbamates (subject to hydrolysis) is 1. The standard InChI is InChI=1S/C20H32N2O3S/c1-14(2)17(21-19(24)25-20(3,4)5)18(23)22-10-8-15(9-11-22)13-16-7-6-12-26-16/h6-7,12,14-15,17H,8-11,13H2,1-5H3,(H,21,24). The second-order valence-corrected chi connectivity index (χ2v) is 9.45. The van der Waals surface area contributed by atoms with Crippen LogP contribution >= 0.6 is 11.3 Å². The molecule has 1 fully saturated rings. The van der Waals surface area contributed by atoms with E-state index in [9.17, 15) is 9.59 Å². The molecule has 1 aromatic rings. The highest BCUT2D eigenvalue weighted by Crippen LogP contribution is 2.24. The van der Waals surface area contributed by atoms with Crippen molar-refractivity contribution in [2.24, 2.45) is 11.8 Å². The molecule has 26 heavy (non-hydrogen) atoms. The molecule has 1 atom stereocenters. The average molecular weight is 381 g/mol. The number of likely N-dealkylation sites (tertiary alicyclic amines) is 1. The van der Waals surface area contributed by atoms with Crippen LogP contribution in [-0.4, -0.2) is 41.6 Å². The second kappa shape index (κ2) is 8.89. The molecule has 5 nitrogen and oxygen atoms in total. The molecule has 2 heterocycles. The number of amides is 2. The lowest BCUT2D eigenvalue weighted by Gasteiger charge is -2.35. The molecule has 1 unspecified atom stereocenters. The fraction of sp³-hybridized carbons (Fsp3) is 0.700. The Morgan fingerprint density at radius 2 is 1.96 bits per heavy atom. The van der Waals surface area contributed by atoms with E-state index in [4.69, 9.17) is 4.74 Å². The number of hydrogen-bond donors (Lipinski definition) is 1. The van der Waals surface area contributed by atoms with Crippen LogP contribution in [0.25, 0.3) is 0 Å². The van der Waals surface area contributed by atoms with Crippen molar-refractivity contribution in [1.82, 2.24) is 10.2 Å². The van der Waals surface area contributed by atoms with E-state index in [1.807, 2.05) is 39.5 Å². The Labute approximate surface area is 161 Å². The SMILES string of the molecule is CC(C)C(NC(=O)OC(C)(C)C)C(=O)N1CCC(Cc2cccs2)CC1. The van der Waals surface area contributed by atoms with Gasteiger partial charge in [0, 0.05) is 18.0 Å². The maximum absolute atomic E-state index is 12.9. The van der Waals surface area contributed by atoms with Crippen LogP contribution in [0.2, 0.25) is 0 Å². The molecule has 1 saturated heterocycles. The van der Waals surface area contributed by atoms with Gasteiger partial charge in [0.2, 0.25) is 5.91 Å². The van der Waals surface area contributed by atoms with E-state index < -0.39 is 17.7 Å². The molecular formula is C20H32N2O3S. The van der Waals surface area contributed by atoms with Gasteiger partial charge in [0.05, 0.1) is 0 Å². The highest BCUT2D eigenvalue weighted by atomic mass is 32.1. The Morgan fingerprint density at radius 1 is 1.31 bits per heavy atom. The molecule has 1 N–H and O–H groups in total. The number of carbonyl (C=O) groups excluding carboxylic acids is 2. The first-order valence-electron chi connectivity index (χ1n) is 9.46. The molecule has 1 aliphatic rings. The van der Waals surface area contributed by atoms with Gasteiger partial charge in [-0.15, -0.1) is 11.3 Å². The molecule has 1 aliphatic heterocycles. The van der Waals surface area contributed by atoms with Crippen LogP contribution in [0.15, 0.2) is 17.5 Å². The van der Waals surface area contributed by atoms with Crippen molar-refractivity contribution in [3.63, 3.8) is 0 Å². The average Bonchev–Trinajstić information content (AvgIpc) is 3.04. The summed E-state index contributed by atoms with van der Waals surface area (Å²) in [5.41, 5.74) is -0.575. The van der Waals surface area contributed by atoms with Crippen LogP contribution in [0.4, 0.5) is 4.79 Å². The maximum atomic E-state index is 12.9. The van der Waals surface area contributed by atoms with E-state index in [2.05, 4.69) is 22.8 Å². The topological polar surface area (TPSA) is 58.6 Å². The first kappa shape index (κ1) is 20.7. The smallest absolute Gasteiger partial charge is 0.408 e. The van der Waals surface area contributed by atoms with Gasteiger partial charge in [-0.1, -0.05) is 19.9 Å². The van der Waals surface area contributed by atoms with E-state index in [0.29, 0.717) is 5.92 Å². The van der Waals surface area contributed by atoms with Gasteiger partial charge in [0.1, 0.15) is 11.6 Å². The number of rotatable bonds is 5. The van der Waals surface area contributed by atoms with Crippen molar-refractivity contribution in [2.75, 3.05) is 13.1 Å². The van der Waals surface area contributed by atoms with Crippen LogP contribution in [0.3, 0.4) is 0 Å². The predicted octanol–water partition coefficient (Wildman–Crippen LogP) is 4.08. The Kier molecular flexibility index (Phi) is 7.09. The third-order valence-electron chi connectivity index (χ3n) is 4.60. The van der Waals surface area contributed by atoms with Crippen molar-refractivity contribution in [3.05, 3.63) is 22.4 Å². The predicted molar refractivity (Wildman–Crippen MR) is 105 cm³/mol. The van der Waals surface area contributed by atoms with Gasteiger partial charge in [-0.2, -0.15) is 0 Å². The number of thiophene rings is 1. The Hall–Kier alpha value is -1.56. The third kappa shape index (κ3) is 6.31. The van der Waals surface area contributed by atoms with E-state index >= 15 is 0 Å². The maximum Gasteiger partial charge on any atom is 0.408 e. The first-order valence-corrected chi connectivity index (χ1v) is 10.3. The van der Waals surface area contributed by atoms with E-state index in [1.54, 1.807) is 11.3 Å². The van der Waals surface area contributed by atoms with Gasteiger partial charge in [-0.3, -0.25) is 4.79 Å². The van der Waals surface area contributed by atoms with Crippen LogP contribution in [0.1, 0.15) is 52.3 Å². The van der Waals surface area contributed by atoms with Crippen molar-refractivity contribution >= 4 is 23.3 Å². The van der Waals surface area contributed by atoms with Crippen molar-refractivity contribution in [3.8, 4) is 0 Å². The highest BCUT2D eigenvalue weighted by molar-refractivity contribution is 7.09. The van der Waals surface area contributed by atoms with Gasteiger partial charge >= 0.3 is 6.09 Å². The summed E-state index contributed by atoms with van der Waals surface area (Å²) < 4.78 is 5.31. The molecule has 0 radical (unpaired) electrons. The second-order valence-electron chi connectivity index (χ2n) is 8.42. The minimum Gasteiger partial charge on any atom is -0.444 e. The first-order chi connectivity index (χ1) is 12.2. The van der Waals surface area contributed by atoms with E-state index in [-0.39, 0.29) is 11.8 Å². The molecule has 0 aliphatic carbocycles. The number of nitrogens with one attached hydrogen (secondary N) is 1. The van der Waals surface area contributed by atoms with E-state index in [1.165, 1.54) is 4.88 Å². The highest BCUT2D eigenvalue weighted by Gasteiger charge is 2.32. The lowest BCUT2D eigenvalue weighted by atomic mass is 9.92. The molecule has 146 valence electrons. The number of carbonyl (C=O) groups is 2. The van der Waals surface area contributed by atoms with Crippen molar-refractivity contribution < 1.29 is 14.3 Å². The summed E-state index contributed by atoms with van der Waals surface area (Å²) in [6.07, 6.45) is 2.60. The summed E-state index contributed by atoms with van der Waals surface area (Å²) in [6, 6.07) is 3.73. The summed E-state index contributed by atoms with van der Waals surface area (Å²) in [5.74, 6) is 0.647. The van der Waals surface area contributed by atoms with Gasteiger partial charge in [-0.05, 0) is 63.3 Å². The largest absolute Gasteiger partial charge is 0.444 e. The minimum atomic E-state index is -0.575. The summed E-state index contributed by atoms with van der Waals surface area (Å²) >= 11 is 1.80. The summed E-state index contributed by atoms with van der Waals surface area (Å²) in [7, 11) is 0. The van der Waals surface area contributed by atoms with Crippen LogP contribution < -0.4 is 5.32 Å². The Balaban J connectivity index is 1.88. The molecular weight excluding hydrogens is 348 g/mol. The van der Waals surface area contributed by atoms with Gasteiger partial charge in [-0.25, -0.2) is 4.79 Å². The van der Waals surface area contributed by atoms with Crippen molar-refractivity contribution in [1.29, 1.82) is 0 Å². The Morgan fingerprint density at radius 3 is 2.46 bits per heavy atom. The molecule has 2 rings (SSSR count). The molecule has 2 amide bonds. The van der Waals surface area contributed by atoms with Crippen molar-refractivity contribution in [2.45, 2.75) is 65.5 Å². The van der Waals surface area contributed by atoms with Gasteiger partial charge < -0.3 is 15.0 Å². The quantitative estimate of drug-likeness (QED) is 0.837. The summed E-state index contributed by atoms with van der Waals surface area (Å²) in [5, 5.41) is 4.88. The molecule has 1 aromatic heterocycles. The third-order valence-corrected chi connectivity index (χ3v) is 5.50. The normalized spacial score (nSPS) is 17.2. The number of nitrogens with zero attached hydrogens (tertiary/aromatic N) is 1. The van der Waals surface area contributed by atoms with Gasteiger partial charge in [0.15, 0.2) is 0 Å². The zero-order chi connectivity index (χ0) is 19.3. The number of ether oxygens (including phenoxy) is 1. The van der Waals surface area contributed by atoms with Crippen LogP contribution in [0, 0.1) is 11.8 Å². The minimum absolute atomic E-state index is 0.000401. The lowest BCUT2D eigenvalue weighted by molar-refractivity contribution is -0.136. The van der Waals surface area contributed by atoms with Crippen LogP contribution in [-0.2, 0) is 16.0 Å². The molecule has 0 aromatic carbocycles. The van der Waals surface area contributed by atoms with Gasteiger partial charge in [0.25, 0.3) is 0 Å². The zero-order valence-corrected chi connectivity index (χ0v) is 17.4. The fourth-order valence-corrected chi connectivity index (χ4v) is 4.04.